The van der Waals surface area contributed by atoms with E-state index >= 15 is 0 Å². The van der Waals surface area contributed by atoms with Crippen LogP contribution in [0.4, 0.5) is 10.1 Å². The van der Waals surface area contributed by atoms with Gasteiger partial charge in [0, 0.05) is 22.5 Å². The van der Waals surface area contributed by atoms with E-state index in [2.05, 4.69) is 10.3 Å². The van der Waals surface area contributed by atoms with Gasteiger partial charge in [0.2, 0.25) is 0 Å². The van der Waals surface area contributed by atoms with Crippen LogP contribution in [-0.2, 0) is 0 Å². The summed E-state index contributed by atoms with van der Waals surface area (Å²) in [5.41, 5.74) is 3.60. The maximum absolute atomic E-state index is 13.6. The Morgan fingerprint density at radius 3 is 2.62 bits per heavy atom. The molecule has 0 saturated carbocycles. The highest BCUT2D eigenvalue weighted by Crippen LogP contribution is 2.43. The summed E-state index contributed by atoms with van der Waals surface area (Å²) in [5.74, 6) is 1.13. The van der Waals surface area contributed by atoms with Gasteiger partial charge >= 0.3 is 0 Å². The van der Waals surface area contributed by atoms with Crippen molar-refractivity contribution in [3.05, 3.63) is 107 Å². The molecule has 2 aromatic carbocycles. The molecule has 3 heterocycles. The number of anilines is 1. The summed E-state index contributed by atoms with van der Waals surface area (Å²) in [7, 11) is 0. The molecule has 1 fully saturated rings. The van der Waals surface area contributed by atoms with Gasteiger partial charge in [-0.05, 0) is 85.4 Å². The van der Waals surface area contributed by atoms with Gasteiger partial charge in [-0.2, -0.15) is 0 Å². The van der Waals surface area contributed by atoms with Crippen molar-refractivity contribution in [3.8, 4) is 11.3 Å². The minimum Gasteiger partial charge on any atom is -0.459 e. The Bertz CT molecular complexity index is 1280. The van der Waals surface area contributed by atoms with Gasteiger partial charge in [0.15, 0.2) is 5.11 Å². The molecular weight excluding hydrogens is 445 g/mol. The van der Waals surface area contributed by atoms with Crippen LogP contribution in [0.2, 0.25) is 5.02 Å². The zero-order valence-electron chi connectivity index (χ0n) is 17.1. The minimum absolute atomic E-state index is 0.242. The Labute approximate surface area is 195 Å². The summed E-state index contributed by atoms with van der Waals surface area (Å²) in [5, 5.41) is 4.54. The number of furan rings is 1. The zero-order chi connectivity index (χ0) is 22.2. The molecule has 2 aromatic heterocycles. The lowest BCUT2D eigenvalue weighted by Crippen LogP contribution is -2.29. The number of pyridine rings is 1. The summed E-state index contributed by atoms with van der Waals surface area (Å²) in [6.07, 6.45) is 1.75. The summed E-state index contributed by atoms with van der Waals surface area (Å²) in [4.78, 5) is 6.48. The second-order valence-corrected chi connectivity index (χ2v) is 8.46. The van der Waals surface area contributed by atoms with Crippen LogP contribution < -0.4 is 10.2 Å². The van der Waals surface area contributed by atoms with Crippen molar-refractivity contribution in [3.63, 3.8) is 0 Å². The first kappa shape index (κ1) is 20.7. The molecule has 1 saturated heterocycles. The van der Waals surface area contributed by atoms with Crippen molar-refractivity contribution in [2.45, 2.75) is 19.0 Å². The lowest BCUT2D eigenvalue weighted by atomic mass is 10.0. The number of hydrogen-bond donors (Lipinski definition) is 1. The Morgan fingerprint density at radius 2 is 1.88 bits per heavy atom. The topological polar surface area (TPSA) is 41.3 Å². The average molecular weight is 464 g/mol. The maximum atomic E-state index is 13.6. The number of benzene rings is 2. The predicted octanol–water partition coefficient (Wildman–Crippen LogP) is 6.62. The van der Waals surface area contributed by atoms with E-state index in [-0.39, 0.29) is 17.9 Å². The largest absolute Gasteiger partial charge is 0.459 e. The Hall–Kier alpha value is -3.22. The molecule has 4 nitrogen and oxygen atoms in total. The van der Waals surface area contributed by atoms with Gasteiger partial charge in [-0.1, -0.05) is 23.7 Å². The van der Waals surface area contributed by atoms with E-state index in [1.165, 1.54) is 12.1 Å². The monoisotopic (exact) mass is 463 g/mol. The van der Waals surface area contributed by atoms with Gasteiger partial charge < -0.3 is 14.6 Å². The van der Waals surface area contributed by atoms with Gasteiger partial charge in [0.1, 0.15) is 23.4 Å². The van der Waals surface area contributed by atoms with Crippen LogP contribution in [0.15, 0.2) is 83.4 Å². The van der Waals surface area contributed by atoms with E-state index in [1.807, 2.05) is 60.4 Å². The molecule has 2 atom stereocenters. The Balaban J connectivity index is 1.61. The fraction of sp³-hybridized carbons (Fsp3) is 0.120. The highest BCUT2D eigenvalue weighted by atomic mass is 35.5. The molecule has 160 valence electrons. The number of nitrogens with zero attached hydrogens (tertiary/aromatic N) is 2. The van der Waals surface area contributed by atoms with Crippen LogP contribution in [0, 0.1) is 12.7 Å². The predicted molar refractivity (Wildman–Crippen MR) is 128 cm³/mol. The first-order valence-electron chi connectivity index (χ1n) is 10.1. The van der Waals surface area contributed by atoms with Crippen molar-refractivity contribution < 1.29 is 8.81 Å². The van der Waals surface area contributed by atoms with Crippen LogP contribution in [0.25, 0.3) is 11.3 Å². The van der Waals surface area contributed by atoms with Gasteiger partial charge in [-0.25, -0.2) is 4.39 Å². The molecule has 1 aliphatic rings. The number of hydrogen-bond acceptors (Lipinski definition) is 3. The second-order valence-electron chi connectivity index (χ2n) is 7.63. The van der Waals surface area contributed by atoms with E-state index < -0.39 is 0 Å². The lowest BCUT2D eigenvalue weighted by Gasteiger charge is -2.26. The molecule has 32 heavy (non-hydrogen) atoms. The normalized spacial score (nSPS) is 18.1. The standard InChI is InChI=1S/C25H19ClFN3OS/c1-15-5-6-16(26)14-19(15)21-11-12-22(31-21)24-23(20-4-2-3-13-28-20)29-25(32)30(24)18-9-7-17(27)8-10-18/h2-14,23-24H,1H3,(H,29,32)/t23-,24+/m0/s1. The number of halogens is 2. The molecule has 0 amide bonds. The molecule has 4 aromatic rings. The van der Waals surface area contributed by atoms with E-state index in [0.29, 0.717) is 15.9 Å². The van der Waals surface area contributed by atoms with Gasteiger partial charge in [-0.15, -0.1) is 0 Å². The third-order valence-electron chi connectivity index (χ3n) is 5.59. The highest BCUT2D eigenvalue weighted by molar-refractivity contribution is 7.80. The maximum Gasteiger partial charge on any atom is 0.174 e. The third kappa shape index (κ3) is 3.76. The van der Waals surface area contributed by atoms with Crippen molar-refractivity contribution >= 4 is 34.6 Å². The quantitative estimate of drug-likeness (QED) is 0.344. The fourth-order valence-corrected chi connectivity index (χ4v) is 4.56. The molecule has 5 rings (SSSR count). The lowest BCUT2D eigenvalue weighted by molar-refractivity contribution is 0.439. The summed E-state index contributed by atoms with van der Waals surface area (Å²) < 4.78 is 20.0. The highest BCUT2D eigenvalue weighted by Gasteiger charge is 2.42. The van der Waals surface area contributed by atoms with Crippen LogP contribution >= 0.6 is 23.8 Å². The number of nitrogens with one attached hydrogen (secondary N) is 1. The molecule has 1 aliphatic heterocycles. The third-order valence-corrected chi connectivity index (χ3v) is 6.14. The van der Waals surface area contributed by atoms with E-state index in [9.17, 15) is 4.39 Å². The van der Waals surface area contributed by atoms with Gasteiger partial charge in [0.25, 0.3) is 0 Å². The van der Waals surface area contributed by atoms with Crippen molar-refractivity contribution in [1.29, 1.82) is 0 Å². The molecule has 7 heteroatoms. The fourth-order valence-electron chi connectivity index (χ4n) is 4.04. The smallest absolute Gasteiger partial charge is 0.174 e. The average Bonchev–Trinajstić information content (AvgIpc) is 3.41. The molecular formula is C25H19ClFN3OS. The van der Waals surface area contributed by atoms with E-state index in [0.717, 1.165) is 28.3 Å². The van der Waals surface area contributed by atoms with E-state index in [4.69, 9.17) is 28.2 Å². The van der Waals surface area contributed by atoms with Gasteiger partial charge in [0.05, 0.1) is 11.7 Å². The summed E-state index contributed by atoms with van der Waals surface area (Å²) in [6.45, 7) is 2.02. The van der Waals surface area contributed by atoms with Crippen LogP contribution in [0.3, 0.4) is 0 Å². The van der Waals surface area contributed by atoms with E-state index in [1.54, 1.807) is 18.3 Å². The van der Waals surface area contributed by atoms with Gasteiger partial charge in [-0.3, -0.25) is 4.98 Å². The number of aryl methyl sites for hydroxylation is 1. The molecule has 0 bridgehead atoms. The SMILES string of the molecule is Cc1ccc(Cl)cc1-c1ccc([C@@H]2[C@H](c3ccccn3)NC(=S)N2c2ccc(F)cc2)o1. The molecule has 0 aliphatic carbocycles. The minimum atomic E-state index is -0.309. The molecule has 0 unspecified atom stereocenters. The van der Waals surface area contributed by atoms with Crippen LogP contribution in [0.1, 0.15) is 29.1 Å². The zero-order valence-corrected chi connectivity index (χ0v) is 18.7. The van der Waals surface area contributed by atoms with Crippen molar-refractivity contribution in [2.24, 2.45) is 0 Å². The van der Waals surface area contributed by atoms with Crippen molar-refractivity contribution in [2.75, 3.05) is 4.90 Å². The number of aromatic nitrogens is 1. The molecule has 1 N–H and O–H groups in total. The molecule has 0 radical (unpaired) electrons. The first-order valence-corrected chi connectivity index (χ1v) is 10.9. The van der Waals surface area contributed by atoms with Crippen molar-refractivity contribution in [1.82, 2.24) is 10.3 Å². The number of rotatable bonds is 4. The summed E-state index contributed by atoms with van der Waals surface area (Å²) >= 11 is 11.9. The second kappa shape index (κ2) is 8.37. The van der Waals surface area contributed by atoms with Crippen LogP contribution in [-0.4, -0.2) is 10.1 Å². The first-order chi connectivity index (χ1) is 15.5. The Morgan fingerprint density at radius 1 is 1.06 bits per heavy atom. The summed E-state index contributed by atoms with van der Waals surface area (Å²) in [6, 6.07) is 21.1. The number of thiocarbonyl (C=S) groups is 1. The van der Waals surface area contributed by atoms with Crippen LogP contribution in [0.5, 0.6) is 0 Å². The molecule has 0 spiro atoms. The Kier molecular flexibility index (Phi) is 5.41.